The normalized spacial score (nSPS) is 20.4. The molecule has 1 fully saturated rings. The van der Waals surface area contributed by atoms with Gasteiger partial charge in [0.05, 0.1) is 20.5 Å². The molecule has 4 rings (SSSR count). The van der Waals surface area contributed by atoms with Crippen molar-refractivity contribution in [2.75, 3.05) is 39.0 Å². The highest BCUT2D eigenvalue weighted by Crippen LogP contribution is 2.35. The van der Waals surface area contributed by atoms with E-state index in [1.165, 1.54) is 0 Å². The van der Waals surface area contributed by atoms with E-state index < -0.39 is 0 Å². The molecule has 7 nitrogen and oxygen atoms in total. The van der Waals surface area contributed by atoms with Gasteiger partial charge in [0.15, 0.2) is 6.54 Å². The fourth-order valence-corrected chi connectivity index (χ4v) is 5.13. The minimum atomic E-state index is -0.163. The highest BCUT2D eigenvalue weighted by atomic mass is 32.1. The average molecular weight is 416 g/mol. The number of piperidine rings is 1. The molecule has 8 heteroatoms. The number of likely N-dealkylation sites (N-methyl/N-ethyl adjacent to an activating group) is 1. The van der Waals surface area contributed by atoms with Crippen LogP contribution in [-0.2, 0) is 22.6 Å². The molecule has 2 aliphatic heterocycles. The highest BCUT2D eigenvalue weighted by Gasteiger charge is 2.36. The second kappa shape index (κ2) is 8.12. The predicted molar refractivity (Wildman–Crippen MR) is 112 cm³/mol. The Labute approximate surface area is 173 Å². The quantitative estimate of drug-likeness (QED) is 0.732. The molecular formula is C21H27N4O3S+. The van der Waals surface area contributed by atoms with Crippen LogP contribution in [0.1, 0.15) is 22.9 Å². The van der Waals surface area contributed by atoms with Gasteiger partial charge in [0.1, 0.15) is 5.69 Å². The number of hydrogen-bond donors (Lipinski definition) is 2. The standard InChI is InChI=1S/C21H26N4O3S/c1-23(2)13-19(26)22-17-5-6-18-15-8-14(11-25(18)21(17)28)10-24(12-15)20(27)9-16-4-3-7-29-16/h3-7,14-15H,8-13H2,1-2H3,(H,22,26)/p+1/t14-,15+/m0/s1. The molecule has 0 spiro atoms. The first-order chi connectivity index (χ1) is 13.9. The number of nitrogens with zero attached hydrogens (tertiary/aromatic N) is 2. The van der Waals surface area contributed by atoms with Crippen LogP contribution in [0, 0.1) is 5.92 Å². The second-order valence-electron chi connectivity index (χ2n) is 8.37. The third-order valence-electron chi connectivity index (χ3n) is 5.65. The van der Waals surface area contributed by atoms with E-state index in [-0.39, 0.29) is 29.2 Å². The molecule has 2 N–H and O–H groups in total. The number of aromatic nitrogens is 1. The summed E-state index contributed by atoms with van der Waals surface area (Å²) < 4.78 is 1.80. The van der Waals surface area contributed by atoms with Crippen molar-refractivity contribution in [3.8, 4) is 0 Å². The Kier molecular flexibility index (Phi) is 5.56. The van der Waals surface area contributed by atoms with Gasteiger partial charge in [0.25, 0.3) is 11.5 Å². The number of quaternary nitrogens is 1. The van der Waals surface area contributed by atoms with Gasteiger partial charge in [-0.1, -0.05) is 6.07 Å². The van der Waals surface area contributed by atoms with Crippen LogP contribution in [0.25, 0.3) is 0 Å². The maximum atomic E-state index is 13.0. The van der Waals surface area contributed by atoms with Gasteiger partial charge in [-0.05, 0) is 35.9 Å². The molecule has 2 aromatic rings. The van der Waals surface area contributed by atoms with Gasteiger partial charge >= 0.3 is 0 Å². The van der Waals surface area contributed by atoms with E-state index in [1.807, 2.05) is 42.6 Å². The number of nitrogens with one attached hydrogen (secondary N) is 2. The fourth-order valence-electron chi connectivity index (χ4n) is 4.43. The van der Waals surface area contributed by atoms with Gasteiger partial charge in [0, 0.05) is 36.1 Å². The number of anilines is 1. The van der Waals surface area contributed by atoms with E-state index in [1.54, 1.807) is 22.0 Å². The summed E-state index contributed by atoms with van der Waals surface area (Å²) in [6.45, 7) is 2.24. The molecule has 2 amide bonds. The third-order valence-corrected chi connectivity index (χ3v) is 6.53. The van der Waals surface area contributed by atoms with Crippen molar-refractivity contribution in [2.24, 2.45) is 5.92 Å². The monoisotopic (exact) mass is 415 g/mol. The largest absolute Gasteiger partial charge is 0.341 e. The number of thiophene rings is 1. The molecule has 2 atom stereocenters. The molecule has 4 heterocycles. The first kappa shape index (κ1) is 19.8. The molecule has 1 saturated heterocycles. The number of pyridine rings is 1. The Morgan fingerprint density at radius 3 is 2.76 bits per heavy atom. The smallest absolute Gasteiger partial charge is 0.279 e. The number of carbonyl (C=O) groups is 2. The van der Waals surface area contributed by atoms with E-state index in [2.05, 4.69) is 5.32 Å². The van der Waals surface area contributed by atoms with Gasteiger partial charge in [-0.2, -0.15) is 0 Å². The summed E-state index contributed by atoms with van der Waals surface area (Å²) in [4.78, 5) is 41.8. The molecule has 154 valence electrons. The summed E-state index contributed by atoms with van der Waals surface area (Å²) in [5, 5.41) is 4.75. The van der Waals surface area contributed by atoms with Crippen LogP contribution in [-0.4, -0.2) is 55.0 Å². The number of likely N-dealkylation sites (tertiary alicyclic amines) is 1. The van der Waals surface area contributed by atoms with Crippen LogP contribution >= 0.6 is 11.3 Å². The van der Waals surface area contributed by atoms with Gasteiger partial charge in [-0.25, -0.2) is 0 Å². The van der Waals surface area contributed by atoms with Crippen molar-refractivity contribution < 1.29 is 14.5 Å². The lowest BCUT2D eigenvalue weighted by atomic mass is 9.83. The zero-order valence-corrected chi connectivity index (χ0v) is 17.6. The summed E-state index contributed by atoms with van der Waals surface area (Å²) in [5.74, 6) is 0.430. The number of fused-ring (bicyclic) bond motifs is 4. The van der Waals surface area contributed by atoms with Crippen molar-refractivity contribution in [1.29, 1.82) is 0 Å². The van der Waals surface area contributed by atoms with Crippen LogP contribution in [0.2, 0.25) is 0 Å². The predicted octanol–water partition coefficient (Wildman–Crippen LogP) is 0.181. The van der Waals surface area contributed by atoms with Crippen LogP contribution < -0.4 is 15.8 Å². The maximum Gasteiger partial charge on any atom is 0.279 e. The summed E-state index contributed by atoms with van der Waals surface area (Å²) in [7, 11) is 3.79. The van der Waals surface area contributed by atoms with Crippen LogP contribution in [0.3, 0.4) is 0 Å². The minimum absolute atomic E-state index is 0.141. The van der Waals surface area contributed by atoms with E-state index in [4.69, 9.17) is 0 Å². The fraction of sp³-hybridized carbons (Fsp3) is 0.476. The first-order valence-corrected chi connectivity index (χ1v) is 10.9. The number of carbonyl (C=O) groups excluding carboxylic acids is 2. The maximum absolute atomic E-state index is 13.0. The first-order valence-electron chi connectivity index (χ1n) is 10.0. The van der Waals surface area contributed by atoms with Crippen molar-refractivity contribution in [1.82, 2.24) is 9.47 Å². The molecule has 2 aliphatic rings. The zero-order valence-electron chi connectivity index (χ0n) is 16.8. The van der Waals surface area contributed by atoms with Crippen molar-refractivity contribution in [3.63, 3.8) is 0 Å². The lowest BCUT2D eigenvalue weighted by molar-refractivity contribution is -0.849. The topological polar surface area (TPSA) is 75.8 Å². The Hall–Kier alpha value is -2.45. The molecule has 0 aliphatic carbocycles. The van der Waals surface area contributed by atoms with E-state index >= 15 is 0 Å². The van der Waals surface area contributed by atoms with E-state index in [0.717, 1.165) is 21.9 Å². The Balaban J connectivity index is 1.51. The molecule has 2 aromatic heterocycles. The zero-order chi connectivity index (χ0) is 20.5. The Morgan fingerprint density at radius 1 is 1.21 bits per heavy atom. The molecule has 0 saturated carbocycles. The van der Waals surface area contributed by atoms with Crippen LogP contribution in [0.15, 0.2) is 34.4 Å². The summed E-state index contributed by atoms with van der Waals surface area (Å²) in [6, 6.07) is 7.62. The van der Waals surface area contributed by atoms with E-state index in [0.29, 0.717) is 38.3 Å². The van der Waals surface area contributed by atoms with Gasteiger partial charge in [-0.15, -0.1) is 11.3 Å². The van der Waals surface area contributed by atoms with Crippen LogP contribution in [0.5, 0.6) is 0 Å². The van der Waals surface area contributed by atoms with Gasteiger partial charge < -0.3 is 19.7 Å². The molecule has 0 aromatic carbocycles. The summed E-state index contributed by atoms with van der Waals surface area (Å²) >= 11 is 1.61. The number of amides is 2. The van der Waals surface area contributed by atoms with Crippen molar-refractivity contribution >= 4 is 28.8 Å². The Morgan fingerprint density at radius 2 is 2.03 bits per heavy atom. The summed E-state index contributed by atoms with van der Waals surface area (Å²) in [5.41, 5.74) is 1.17. The van der Waals surface area contributed by atoms with Crippen LogP contribution in [0.4, 0.5) is 5.69 Å². The number of rotatable bonds is 5. The average Bonchev–Trinajstić information content (AvgIpc) is 3.16. The van der Waals surface area contributed by atoms with E-state index in [9.17, 15) is 14.4 Å². The van der Waals surface area contributed by atoms with Gasteiger partial charge in [-0.3, -0.25) is 14.4 Å². The van der Waals surface area contributed by atoms with Crippen molar-refractivity contribution in [2.45, 2.75) is 25.3 Å². The lowest BCUT2D eigenvalue weighted by Crippen LogP contribution is -3.06. The van der Waals surface area contributed by atoms with Gasteiger partial charge in [0.2, 0.25) is 5.91 Å². The highest BCUT2D eigenvalue weighted by molar-refractivity contribution is 7.10. The minimum Gasteiger partial charge on any atom is -0.341 e. The lowest BCUT2D eigenvalue weighted by Gasteiger charge is -2.43. The summed E-state index contributed by atoms with van der Waals surface area (Å²) in [6.07, 6.45) is 1.45. The SMILES string of the molecule is C[NH+](C)CC(=O)Nc1ccc2n(c1=O)C[C@H]1C[C@@H]2CN(C(=O)Cc2cccs2)C1. The Bertz CT molecular complexity index is 967. The second-order valence-corrected chi connectivity index (χ2v) is 9.41. The molecule has 29 heavy (non-hydrogen) atoms. The van der Waals surface area contributed by atoms with Crippen molar-refractivity contribution in [3.05, 3.63) is 50.6 Å². The third kappa shape index (κ3) is 4.28. The number of hydrogen-bond acceptors (Lipinski definition) is 4. The molecule has 0 radical (unpaired) electrons. The molecule has 0 unspecified atom stereocenters. The molecule has 2 bridgehead atoms. The molecular weight excluding hydrogens is 388 g/mol.